The Morgan fingerprint density at radius 1 is 0.973 bits per heavy atom. The van der Waals surface area contributed by atoms with E-state index in [0.29, 0.717) is 5.69 Å². The van der Waals surface area contributed by atoms with Gasteiger partial charge in [0.2, 0.25) is 23.6 Å². The number of aromatic amines is 2. The van der Waals surface area contributed by atoms with Crippen LogP contribution in [-0.2, 0) is 36.8 Å². The molecule has 0 aliphatic carbocycles. The Kier molecular flexibility index (Phi) is 8.94. The second-order valence-corrected chi connectivity index (χ2v) is 8.36. The van der Waals surface area contributed by atoms with E-state index in [1.165, 1.54) is 12.5 Å². The van der Waals surface area contributed by atoms with E-state index in [0.717, 1.165) is 16.5 Å². The quantitative estimate of drug-likeness (QED) is 0.128. The van der Waals surface area contributed by atoms with Crippen molar-refractivity contribution in [1.82, 2.24) is 30.9 Å². The molecule has 2 aromatic heterocycles. The van der Waals surface area contributed by atoms with Gasteiger partial charge in [-0.15, -0.1) is 0 Å². The van der Waals surface area contributed by atoms with Crippen LogP contribution < -0.4 is 27.4 Å². The first kappa shape index (κ1) is 26.9. The highest BCUT2D eigenvalue weighted by atomic mass is 16.4. The molecule has 0 radical (unpaired) electrons. The number of hydrogen-bond acceptors (Lipinski definition) is 7. The average molecular weight is 513 g/mol. The van der Waals surface area contributed by atoms with Gasteiger partial charge in [-0.3, -0.25) is 24.0 Å². The number of carboxylic acids is 1. The Morgan fingerprint density at radius 3 is 2.38 bits per heavy atom. The summed E-state index contributed by atoms with van der Waals surface area (Å²) in [4.78, 5) is 70.4. The lowest BCUT2D eigenvalue weighted by molar-refractivity contribution is -0.138. The van der Waals surface area contributed by atoms with Crippen LogP contribution >= 0.6 is 0 Å². The molecule has 10 N–H and O–H groups in total. The van der Waals surface area contributed by atoms with Gasteiger partial charge in [0, 0.05) is 35.4 Å². The SMILES string of the molecule is NC(=O)CC(NC(=O)C(Cc1cnc[nH]1)NC(=O)C(N)Cc1c[nH]c2ccccc12)C(=O)NCC(=O)O. The summed E-state index contributed by atoms with van der Waals surface area (Å²) in [5.41, 5.74) is 13.6. The first-order valence-corrected chi connectivity index (χ1v) is 11.3. The molecule has 0 spiro atoms. The molecule has 3 rings (SSSR count). The number of hydrogen-bond donors (Lipinski definition) is 8. The number of rotatable bonds is 13. The van der Waals surface area contributed by atoms with E-state index in [9.17, 15) is 24.0 Å². The van der Waals surface area contributed by atoms with Gasteiger partial charge in [-0.25, -0.2) is 4.98 Å². The number of carboxylic acid groups (broad SMARTS) is 1. The number of carbonyl (C=O) groups is 5. The maximum Gasteiger partial charge on any atom is 0.322 e. The fourth-order valence-electron chi connectivity index (χ4n) is 3.70. The van der Waals surface area contributed by atoms with E-state index in [1.807, 2.05) is 24.3 Å². The first-order valence-electron chi connectivity index (χ1n) is 11.3. The van der Waals surface area contributed by atoms with Crippen molar-refractivity contribution in [3.63, 3.8) is 0 Å². The third-order valence-electron chi connectivity index (χ3n) is 5.52. The number of amides is 4. The van der Waals surface area contributed by atoms with E-state index >= 15 is 0 Å². The van der Waals surface area contributed by atoms with Crippen molar-refractivity contribution in [2.75, 3.05) is 6.54 Å². The van der Waals surface area contributed by atoms with Gasteiger partial charge in [-0.1, -0.05) is 18.2 Å². The van der Waals surface area contributed by atoms with Gasteiger partial charge in [0.1, 0.15) is 18.6 Å². The second kappa shape index (κ2) is 12.3. The van der Waals surface area contributed by atoms with E-state index in [2.05, 4.69) is 30.9 Å². The molecule has 0 fully saturated rings. The summed E-state index contributed by atoms with van der Waals surface area (Å²) in [7, 11) is 0. The van der Waals surface area contributed by atoms with Crippen molar-refractivity contribution < 1.29 is 29.1 Å². The van der Waals surface area contributed by atoms with Gasteiger partial charge in [-0.05, 0) is 18.1 Å². The zero-order valence-corrected chi connectivity index (χ0v) is 19.7. The molecule has 196 valence electrons. The number of nitrogens with one attached hydrogen (secondary N) is 5. The van der Waals surface area contributed by atoms with Crippen molar-refractivity contribution in [1.29, 1.82) is 0 Å². The van der Waals surface area contributed by atoms with Gasteiger partial charge < -0.3 is 42.5 Å². The molecule has 0 saturated carbocycles. The number of fused-ring (bicyclic) bond motifs is 1. The van der Waals surface area contributed by atoms with Gasteiger partial charge in [0.25, 0.3) is 0 Å². The number of primary amides is 1. The van der Waals surface area contributed by atoms with E-state index in [1.54, 1.807) is 6.20 Å². The number of imidazole rings is 1. The van der Waals surface area contributed by atoms with Crippen molar-refractivity contribution in [2.45, 2.75) is 37.4 Å². The number of nitrogens with two attached hydrogens (primary N) is 2. The van der Waals surface area contributed by atoms with Crippen LogP contribution in [0.15, 0.2) is 43.0 Å². The monoisotopic (exact) mass is 512 g/mol. The molecule has 0 aliphatic heterocycles. The number of H-pyrrole nitrogens is 2. The number of para-hydroxylation sites is 1. The van der Waals surface area contributed by atoms with Crippen LogP contribution in [-0.4, -0.2) is 74.3 Å². The fourth-order valence-corrected chi connectivity index (χ4v) is 3.70. The van der Waals surface area contributed by atoms with Crippen molar-refractivity contribution in [3.05, 3.63) is 54.2 Å². The summed E-state index contributed by atoms with van der Waals surface area (Å²) in [6.07, 6.45) is 4.19. The van der Waals surface area contributed by atoms with Crippen molar-refractivity contribution >= 4 is 40.5 Å². The van der Waals surface area contributed by atoms with Gasteiger partial charge in [-0.2, -0.15) is 0 Å². The smallest absolute Gasteiger partial charge is 0.322 e. The van der Waals surface area contributed by atoms with Crippen LogP contribution in [0.2, 0.25) is 0 Å². The van der Waals surface area contributed by atoms with Crippen LogP contribution in [0.5, 0.6) is 0 Å². The van der Waals surface area contributed by atoms with E-state index in [-0.39, 0.29) is 12.8 Å². The number of carbonyl (C=O) groups excluding carboxylic acids is 4. The topological polar surface area (TPSA) is 238 Å². The second-order valence-electron chi connectivity index (χ2n) is 8.36. The third kappa shape index (κ3) is 7.63. The Balaban J connectivity index is 1.72. The summed E-state index contributed by atoms with van der Waals surface area (Å²) < 4.78 is 0. The molecule has 0 bridgehead atoms. The molecule has 1 aromatic carbocycles. The zero-order chi connectivity index (χ0) is 26.9. The molecular weight excluding hydrogens is 484 g/mol. The van der Waals surface area contributed by atoms with E-state index < -0.39 is 60.7 Å². The maximum absolute atomic E-state index is 13.1. The summed E-state index contributed by atoms with van der Waals surface area (Å²) in [6.45, 7) is -0.721. The van der Waals surface area contributed by atoms with Crippen LogP contribution in [0, 0.1) is 0 Å². The molecule has 37 heavy (non-hydrogen) atoms. The standard InChI is InChI=1S/C23H28N8O6/c24-15(5-12-8-27-16-4-2-1-3-14(12)16)21(35)30-17(6-13-9-26-11-29-13)23(37)31-18(7-19(25)32)22(36)28-10-20(33)34/h1-4,8-9,11,15,17-18,27H,5-7,10,24H2,(H2,25,32)(H,26,29)(H,28,36)(H,30,35)(H,31,37)(H,33,34). The lowest BCUT2D eigenvalue weighted by atomic mass is 10.0. The lowest BCUT2D eigenvalue weighted by Gasteiger charge is -2.23. The van der Waals surface area contributed by atoms with Gasteiger partial charge in [0.05, 0.1) is 18.8 Å². The summed E-state index contributed by atoms with van der Waals surface area (Å²) >= 11 is 0. The molecular formula is C23H28N8O6. The number of aromatic nitrogens is 3. The highest BCUT2D eigenvalue weighted by Gasteiger charge is 2.30. The van der Waals surface area contributed by atoms with Crippen LogP contribution in [0.1, 0.15) is 17.7 Å². The maximum atomic E-state index is 13.1. The summed E-state index contributed by atoms with van der Waals surface area (Å²) in [6, 6.07) is 3.87. The first-order chi connectivity index (χ1) is 17.6. The van der Waals surface area contributed by atoms with Crippen molar-refractivity contribution in [3.8, 4) is 0 Å². The molecule has 2 heterocycles. The molecule has 0 saturated heterocycles. The highest BCUT2D eigenvalue weighted by Crippen LogP contribution is 2.18. The Bertz CT molecular complexity index is 1270. The van der Waals surface area contributed by atoms with Gasteiger partial charge >= 0.3 is 5.97 Å². The van der Waals surface area contributed by atoms with E-state index in [4.69, 9.17) is 16.6 Å². The molecule has 3 aromatic rings. The average Bonchev–Trinajstić information content (AvgIpc) is 3.51. The predicted molar refractivity (Wildman–Crippen MR) is 131 cm³/mol. The molecule has 4 amide bonds. The fraction of sp³-hybridized carbons (Fsp3) is 0.304. The lowest BCUT2D eigenvalue weighted by Crippen LogP contribution is -2.57. The highest BCUT2D eigenvalue weighted by molar-refractivity contribution is 5.96. The molecule has 14 nitrogen and oxygen atoms in total. The molecule has 0 aliphatic rings. The molecule has 14 heteroatoms. The largest absolute Gasteiger partial charge is 0.480 e. The van der Waals surface area contributed by atoms with Crippen LogP contribution in [0.4, 0.5) is 0 Å². The molecule has 3 atom stereocenters. The van der Waals surface area contributed by atoms with Crippen molar-refractivity contribution in [2.24, 2.45) is 11.5 Å². The minimum Gasteiger partial charge on any atom is -0.480 e. The number of nitrogens with zero attached hydrogens (tertiary/aromatic N) is 1. The summed E-state index contributed by atoms with van der Waals surface area (Å²) in [5, 5.41) is 16.7. The minimum absolute atomic E-state index is 0.0303. The van der Waals surface area contributed by atoms with Gasteiger partial charge in [0.15, 0.2) is 0 Å². The normalized spacial score (nSPS) is 13.3. The third-order valence-corrected chi connectivity index (χ3v) is 5.52. The number of benzene rings is 1. The Labute approximate surface area is 210 Å². The predicted octanol–water partition coefficient (Wildman–Crippen LogP) is -1.95. The summed E-state index contributed by atoms with van der Waals surface area (Å²) in [5.74, 6) is -4.56. The van der Waals surface area contributed by atoms with Crippen LogP contribution in [0.3, 0.4) is 0 Å². The molecule has 3 unspecified atom stereocenters. The minimum atomic E-state index is -1.45. The van der Waals surface area contributed by atoms with Crippen LogP contribution in [0.25, 0.3) is 10.9 Å². The number of aliphatic carboxylic acids is 1. The zero-order valence-electron chi connectivity index (χ0n) is 19.7. The Hall–Kier alpha value is -4.72. The Morgan fingerprint density at radius 2 is 1.70 bits per heavy atom.